The third-order valence-corrected chi connectivity index (χ3v) is 16.6. The van der Waals surface area contributed by atoms with Crippen molar-refractivity contribution in [2.24, 2.45) is 0 Å². The largest absolute Gasteiger partial charge is 0.466 e. The molecule has 2 unspecified atom stereocenters. The number of carbonyl (C=O) groups is 2. The van der Waals surface area contributed by atoms with E-state index in [2.05, 4.69) is 31.3 Å². The molecular weight excluding hydrogens is 935 g/mol. The molecule has 0 fully saturated rings. The van der Waals surface area contributed by atoms with Gasteiger partial charge in [0, 0.05) is 12.8 Å². The van der Waals surface area contributed by atoms with Gasteiger partial charge in [-0.3, -0.25) is 9.59 Å². The summed E-state index contributed by atoms with van der Waals surface area (Å²) >= 11 is 0. The zero-order valence-corrected chi connectivity index (χ0v) is 51.8. The van der Waals surface area contributed by atoms with Gasteiger partial charge in [-0.25, -0.2) is 0 Å². The van der Waals surface area contributed by atoms with E-state index in [0.717, 1.165) is 38.5 Å². The SMILES string of the molecule is CCCCCCCCCCCCCCCCCCCC(O)C(CO)NC(=O)CCCCCCCCCCCCCCCCC/C=C\CCCCCCCCCCCCCCOC(=O)CCCCCCCCCCCCC. The van der Waals surface area contributed by atoms with Gasteiger partial charge in [-0.1, -0.05) is 347 Å². The summed E-state index contributed by atoms with van der Waals surface area (Å²) in [6.07, 6.45) is 81.2. The van der Waals surface area contributed by atoms with Crippen LogP contribution in [0.4, 0.5) is 0 Å². The molecule has 76 heavy (non-hydrogen) atoms. The van der Waals surface area contributed by atoms with Crippen molar-refractivity contribution in [3.63, 3.8) is 0 Å². The standard InChI is InChI=1S/C70H137NO5/c1-3-5-7-9-11-13-15-16-17-33-36-39-43-46-50-54-58-62-68(73)67(66-72)71-69(74)63-59-55-51-47-44-40-37-34-31-29-27-25-23-21-19-18-20-22-24-26-28-30-32-35-38-41-45-49-53-57-61-65-76-70(75)64-60-56-52-48-42-14-12-10-8-6-4-2/h20,22,67-68,72-73H,3-19,21,23-66H2,1-2H3,(H,71,74)/b22-20-. The van der Waals surface area contributed by atoms with E-state index in [1.54, 1.807) is 0 Å². The maximum atomic E-state index is 12.5. The summed E-state index contributed by atoms with van der Waals surface area (Å²) in [5.74, 6) is -0.0107. The van der Waals surface area contributed by atoms with Crippen LogP contribution in [0.15, 0.2) is 12.2 Å². The highest BCUT2D eigenvalue weighted by Gasteiger charge is 2.20. The minimum Gasteiger partial charge on any atom is -0.466 e. The van der Waals surface area contributed by atoms with Gasteiger partial charge in [-0.2, -0.15) is 0 Å². The zero-order chi connectivity index (χ0) is 55.0. The van der Waals surface area contributed by atoms with E-state index in [-0.39, 0.29) is 18.5 Å². The number of aliphatic hydroxyl groups is 2. The lowest BCUT2D eigenvalue weighted by Gasteiger charge is -2.22. The number of carbonyl (C=O) groups excluding carboxylic acids is 2. The van der Waals surface area contributed by atoms with E-state index in [1.165, 1.54) is 327 Å². The van der Waals surface area contributed by atoms with Crippen LogP contribution in [0, 0.1) is 0 Å². The van der Waals surface area contributed by atoms with Crippen LogP contribution in [0.5, 0.6) is 0 Å². The van der Waals surface area contributed by atoms with Crippen LogP contribution in [0.1, 0.15) is 399 Å². The molecule has 0 bridgehead atoms. The lowest BCUT2D eigenvalue weighted by molar-refractivity contribution is -0.143. The molecular formula is C70H137NO5. The molecule has 1 amide bonds. The number of esters is 1. The van der Waals surface area contributed by atoms with Crippen molar-refractivity contribution in [1.29, 1.82) is 0 Å². The summed E-state index contributed by atoms with van der Waals surface area (Å²) in [5, 5.41) is 23.4. The second-order valence-corrected chi connectivity index (χ2v) is 24.2. The first-order valence-corrected chi connectivity index (χ1v) is 34.9. The highest BCUT2D eigenvalue weighted by atomic mass is 16.5. The van der Waals surface area contributed by atoms with Gasteiger partial charge >= 0.3 is 5.97 Å². The molecule has 0 rings (SSSR count). The monoisotopic (exact) mass is 1070 g/mol. The van der Waals surface area contributed by atoms with Gasteiger partial charge in [-0.15, -0.1) is 0 Å². The van der Waals surface area contributed by atoms with E-state index in [1.807, 2.05) is 0 Å². The van der Waals surface area contributed by atoms with Crippen molar-refractivity contribution in [3.05, 3.63) is 12.2 Å². The molecule has 0 aromatic rings. The second-order valence-electron chi connectivity index (χ2n) is 24.2. The fraction of sp³-hybridized carbons (Fsp3) is 0.943. The number of nitrogens with one attached hydrogen (secondary N) is 1. The average Bonchev–Trinajstić information content (AvgIpc) is 3.42. The summed E-state index contributed by atoms with van der Waals surface area (Å²) < 4.78 is 5.47. The van der Waals surface area contributed by atoms with Crippen LogP contribution in [0.3, 0.4) is 0 Å². The molecule has 452 valence electrons. The summed E-state index contributed by atoms with van der Waals surface area (Å²) in [4.78, 5) is 24.5. The Labute approximate surface area is 476 Å². The van der Waals surface area contributed by atoms with Crippen molar-refractivity contribution in [3.8, 4) is 0 Å². The molecule has 6 heteroatoms. The highest BCUT2D eigenvalue weighted by molar-refractivity contribution is 5.76. The molecule has 0 aliphatic heterocycles. The summed E-state index contributed by atoms with van der Waals surface area (Å²) in [7, 11) is 0. The van der Waals surface area contributed by atoms with E-state index in [0.29, 0.717) is 25.9 Å². The lowest BCUT2D eigenvalue weighted by atomic mass is 10.0. The third kappa shape index (κ3) is 61.8. The van der Waals surface area contributed by atoms with E-state index >= 15 is 0 Å². The number of rotatable bonds is 66. The van der Waals surface area contributed by atoms with Crippen LogP contribution in [-0.4, -0.2) is 47.4 Å². The van der Waals surface area contributed by atoms with Crippen molar-refractivity contribution in [1.82, 2.24) is 5.32 Å². The average molecular weight is 1070 g/mol. The third-order valence-electron chi connectivity index (χ3n) is 16.6. The number of ether oxygens (including phenoxy) is 1. The summed E-state index contributed by atoms with van der Waals surface area (Å²) in [6, 6.07) is -0.539. The Hall–Kier alpha value is -1.40. The Bertz CT molecular complexity index is 1140. The van der Waals surface area contributed by atoms with Gasteiger partial charge in [-0.05, 0) is 51.4 Å². The van der Waals surface area contributed by atoms with Crippen LogP contribution in [-0.2, 0) is 14.3 Å². The molecule has 0 aromatic carbocycles. The van der Waals surface area contributed by atoms with E-state index < -0.39 is 12.1 Å². The fourth-order valence-electron chi connectivity index (χ4n) is 11.2. The molecule has 0 heterocycles. The first-order valence-electron chi connectivity index (χ1n) is 34.9. The maximum Gasteiger partial charge on any atom is 0.305 e. The summed E-state index contributed by atoms with van der Waals surface area (Å²) in [6.45, 7) is 4.99. The Kier molecular flexibility index (Phi) is 64.9. The van der Waals surface area contributed by atoms with Crippen molar-refractivity contribution in [2.75, 3.05) is 13.2 Å². The topological polar surface area (TPSA) is 95.9 Å². The van der Waals surface area contributed by atoms with E-state index in [9.17, 15) is 19.8 Å². The Morgan fingerprint density at radius 3 is 0.934 bits per heavy atom. The number of hydrogen-bond donors (Lipinski definition) is 3. The maximum absolute atomic E-state index is 12.5. The molecule has 2 atom stereocenters. The van der Waals surface area contributed by atoms with Gasteiger partial charge < -0.3 is 20.3 Å². The predicted octanol–water partition coefficient (Wildman–Crippen LogP) is 22.4. The minimum absolute atomic E-state index is 0.0182. The molecule has 0 radical (unpaired) electrons. The van der Waals surface area contributed by atoms with Crippen molar-refractivity contribution in [2.45, 2.75) is 411 Å². The number of aliphatic hydroxyl groups excluding tert-OH is 2. The number of allylic oxidation sites excluding steroid dienone is 2. The highest BCUT2D eigenvalue weighted by Crippen LogP contribution is 2.19. The molecule has 0 aliphatic carbocycles. The van der Waals surface area contributed by atoms with Gasteiger partial charge in [0.25, 0.3) is 0 Å². The van der Waals surface area contributed by atoms with Crippen molar-refractivity contribution < 1.29 is 24.5 Å². The van der Waals surface area contributed by atoms with Gasteiger partial charge in [0.1, 0.15) is 0 Å². The first kappa shape index (κ1) is 74.6. The molecule has 0 aromatic heterocycles. The second kappa shape index (κ2) is 66.1. The summed E-state index contributed by atoms with van der Waals surface area (Å²) in [5.41, 5.74) is 0. The Morgan fingerprint density at radius 2 is 0.618 bits per heavy atom. The van der Waals surface area contributed by atoms with Gasteiger partial charge in [0.05, 0.1) is 25.4 Å². The minimum atomic E-state index is -0.662. The Balaban J connectivity index is 3.35. The number of hydrogen-bond acceptors (Lipinski definition) is 5. The number of amides is 1. The molecule has 0 saturated heterocycles. The number of unbranched alkanes of at least 4 members (excludes halogenated alkanes) is 53. The van der Waals surface area contributed by atoms with Crippen LogP contribution < -0.4 is 5.32 Å². The van der Waals surface area contributed by atoms with Crippen molar-refractivity contribution >= 4 is 11.9 Å². The van der Waals surface area contributed by atoms with E-state index in [4.69, 9.17) is 4.74 Å². The molecule has 0 saturated carbocycles. The lowest BCUT2D eigenvalue weighted by Crippen LogP contribution is -2.45. The fourth-order valence-corrected chi connectivity index (χ4v) is 11.2. The molecule has 3 N–H and O–H groups in total. The Morgan fingerprint density at radius 1 is 0.355 bits per heavy atom. The molecule has 0 aliphatic rings. The zero-order valence-electron chi connectivity index (χ0n) is 51.8. The van der Waals surface area contributed by atoms with Crippen LogP contribution in [0.25, 0.3) is 0 Å². The quantitative estimate of drug-likeness (QED) is 0.0320. The molecule has 0 spiro atoms. The normalized spacial score (nSPS) is 12.5. The first-order chi connectivity index (χ1) is 37.5. The van der Waals surface area contributed by atoms with Gasteiger partial charge in [0.2, 0.25) is 5.91 Å². The smallest absolute Gasteiger partial charge is 0.305 e. The van der Waals surface area contributed by atoms with Crippen LogP contribution >= 0.6 is 0 Å². The van der Waals surface area contributed by atoms with Gasteiger partial charge in [0.15, 0.2) is 0 Å². The predicted molar refractivity (Wildman–Crippen MR) is 333 cm³/mol. The molecule has 6 nitrogen and oxygen atoms in total. The van der Waals surface area contributed by atoms with Crippen LogP contribution in [0.2, 0.25) is 0 Å².